The zero-order valence-electron chi connectivity index (χ0n) is 16.5. The van der Waals surface area contributed by atoms with Gasteiger partial charge in [0.2, 0.25) is 0 Å². The number of carboxylic acid groups (broad SMARTS) is 1. The van der Waals surface area contributed by atoms with Crippen LogP contribution in [0.3, 0.4) is 0 Å². The summed E-state index contributed by atoms with van der Waals surface area (Å²) in [5, 5.41) is 10.8. The Morgan fingerprint density at radius 2 is 1.90 bits per heavy atom. The number of carbonyl (C=O) groups is 1. The summed E-state index contributed by atoms with van der Waals surface area (Å²) in [5.74, 6) is -1.54. The molecule has 0 unspecified atom stereocenters. The summed E-state index contributed by atoms with van der Waals surface area (Å²) >= 11 is 2.27. The Morgan fingerprint density at radius 3 is 2.61 bits per heavy atom. The minimum atomic E-state index is -1.23. The fourth-order valence-electron chi connectivity index (χ4n) is 3.41. The number of aromatic carboxylic acids is 1. The summed E-state index contributed by atoms with van der Waals surface area (Å²) in [6.07, 6.45) is 0. The van der Waals surface area contributed by atoms with E-state index in [4.69, 9.17) is 0 Å². The lowest BCUT2D eigenvalue weighted by molar-refractivity contribution is 0.0704. The highest BCUT2D eigenvalue weighted by molar-refractivity contribution is 8.00. The summed E-state index contributed by atoms with van der Waals surface area (Å²) in [4.78, 5) is 40.3. The van der Waals surface area contributed by atoms with Crippen LogP contribution < -0.4 is 11.2 Å². The van der Waals surface area contributed by atoms with Crippen LogP contribution in [-0.4, -0.2) is 20.6 Å². The molecule has 2 N–H and O–H groups in total. The van der Waals surface area contributed by atoms with E-state index < -0.39 is 22.0 Å². The number of thiophene rings is 1. The Balaban J connectivity index is 1.81. The third kappa shape index (κ3) is 3.82. The van der Waals surface area contributed by atoms with Crippen molar-refractivity contribution in [3.63, 3.8) is 0 Å². The molecule has 0 aliphatic heterocycles. The van der Waals surface area contributed by atoms with Crippen molar-refractivity contribution in [2.45, 2.75) is 23.5 Å². The number of aromatic nitrogens is 2. The highest BCUT2D eigenvalue weighted by Gasteiger charge is 2.26. The fourth-order valence-corrected chi connectivity index (χ4v) is 5.43. The molecular formula is C22H17FN2O4S2. The molecular weight excluding hydrogens is 439 g/mol. The molecule has 31 heavy (non-hydrogen) atoms. The van der Waals surface area contributed by atoms with Crippen LogP contribution in [0.1, 0.15) is 29.1 Å². The summed E-state index contributed by atoms with van der Waals surface area (Å²) in [6, 6.07) is 13.3. The number of halogens is 1. The lowest BCUT2D eigenvalue weighted by Gasteiger charge is -2.25. The van der Waals surface area contributed by atoms with Crippen molar-refractivity contribution in [3.05, 3.63) is 91.0 Å². The molecule has 0 atom stereocenters. The van der Waals surface area contributed by atoms with E-state index in [0.717, 1.165) is 20.8 Å². The van der Waals surface area contributed by atoms with E-state index in [1.165, 1.54) is 23.2 Å². The van der Waals surface area contributed by atoms with E-state index in [-0.39, 0.29) is 21.6 Å². The molecule has 2 aromatic heterocycles. The Labute approximate surface area is 184 Å². The van der Waals surface area contributed by atoms with Crippen molar-refractivity contribution >= 4 is 40.0 Å². The highest BCUT2D eigenvalue weighted by Crippen LogP contribution is 2.42. The van der Waals surface area contributed by atoms with E-state index >= 15 is 0 Å². The first-order valence-electron chi connectivity index (χ1n) is 9.23. The van der Waals surface area contributed by atoms with E-state index in [1.807, 2.05) is 19.9 Å². The quantitative estimate of drug-likeness (QED) is 0.428. The third-order valence-corrected chi connectivity index (χ3v) is 7.01. The molecule has 0 spiro atoms. The normalized spacial score (nSPS) is 11.7. The molecule has 0 aliphatic carbocycles. The Morgan fingerprint density at radius 1 is 1.16 bits per heavy atom. The molecule has 0 saturated heterocycles. The van der Waals surface area contributed by atoms with E-state index in [9.17, 15) is 23.9 Å². The third-order valence-electron chi connectivity index (χ3n) is 4.82. The second-order valence-electron chi connectivity index (χ2n) is 7.32. The average molecular weight is 457 g/mol. The molecule has 6 nitrogen and oxygen atoms in total. The van der Waals surface area contributed by atoms with Crippen molar-refractivity contribution in [2.75, 3.05) is 0 Å². The number of hydrogen-bond acceptors (Lipinski definition) is 5. The van der Waals surface area contributed by atoms with Gasteiger partial charge in [-0.15, -0.1) is 23.1 Å². The Hall–Kier alpha value is -3.17. The number of aromatic amines is 1. The van der Waals surface area contributed by atoms with Crippen molar-refractivity contribution < 1.29 is 14.3 Å². The van der Waals surface area contributed by atoms with Crippen LogP contribution in [0.25, 0.3) is 16.6 Å². The van der Waals surface area contributed by atoms with Gasteiger partial charge in [0.25, 0.3) is 5.56 Å². The van der Waals surface area contributed by atoms with Crippen LogP contribution in [0.15, 0.2) is 68.4 Å². The first-order chi connectivity index (χ1) is 14.7. The van der Waals surface area contributed by atoms with Crippen LogP contribution >= 0.6 is 23.1 Å². The highest BCUT2D eigenvalue weighted by atomic mass is 32.2. The molecule has 0 fully saturated rings. The minimum absolute atomic E-state index is 0.0400. The SMILES string of the molecule is CC(C)(Sc1cccc(-n2c(=O)[nH]c3csc(C(=O)O)c3c2=O)c1)c1ccccc1F. The number of carboxylic acids is 1. The summed E-state index contributed by atoms with van der Waals surface area (Å²) in [6.45, 7) is 3.77. The van der Waals surface area contributed by atoms with Crippen molar-refractivity contribution in [1.29, 1.82) is 0 Å². The van der Waals surface area contributed by atoms with Crippen LogP contribution in [0.5, 0.6) is 0 Å². The molecule has 2 aromatic carbocycles. The van der Waals surface area contributed by atoms with Gasteiger partial charge >= 0.3 is 11.7 Å². The van der Waals surface area contributed by atoms with Gasteiger partial charge in [-0.3, -0.25) is 4.79 Å². The van der Waals surface area contributed by atoms with E-state index in [0.29, 0.717) is 11.3 Å². The number of benzene rings is 2. The van der Waals surface area contributed by atoms with Crippen molar-refractivity contribution in [3.8, 4) is 5.69 Å². The summed E-state index contributed by atoms with van der Waals surface area (Å²) in [5.41, 5.74) is -0.341. The van der Waals surface area contributed by atoms with Crippen molar-refractivity contribution in [1.82, 2.24) is 9.55 Å². The number of hydrogen-bond donors (Lipinski definition) is 2. The maximum absolute atomic E-state index is 14.3. The number of nitrogens with one attached hydrogen (secondary N) is 1. The number of rotatable bonds is 5. The van der Waals surface area contributed by atoms with Gasteiger partial charge in [0.15, 0.2) is 0 Å². The number of fused-ring (bicyclic) bond motifs is 1. The first kappa shape index (κ1) is 21.1. The first-order valence-corrected chi connectivity index (χ1v) is 10.9. The molecule has 9 heteroatoms. The Bertz CT molecular complexity index is 1440. The van der Waals surface area contributed by atoms with Crippen LogP contribution in [0.2, 0.25) is 0 Å². The fraction of sp³-hybridized carbons (Fsp3) is 0.136. The predicted octanol–water partition coefficient (Wildman–Crippen LogP) is 4.61. The zero-order chi connectivity index (χ0) is 22.3. The van der Waals surface area contributed by atoms with Gasteiger partial charge in [-0.25, -0.2) is 18.5 Å². The van der Waals surface area contributed by atoms with E-state index in [1.54, 1.807) is 36.4 Å². The molecule has 4 rings (SSSR count). The average Bonchev–Trinajstić information content (AvgIpc) is 3.12. The molecule has 0 amide bonds. The van der Waals surface area contributed by atoms with Gasteiger partial charge in [-0.2, -0.15) is 0 Å². The smallest absolute Gasteiger partial charge is 0.346 e. The minimum Gasteiger partial charge on any atom is -0.477 e. The molecule has 2 heterocycles. The zero-order valence-corrected chi connectivity index (χ0v) is 18.1. The van der Waals surface area contributed by atoms with Crippen LogP contribution in [0, 0.1) is 5.82 Å². The van der Waals surface area contributed by atoms with Gasteiger partial charge in [0, 0.05) is 20.6 Å². The van der Waals surface area contributed by atoms with Crippen LogP contribution in [0.4, 0.5) is 4.39 Å². The number of thioether (sulfide) groups is 1. The second kappa shape index (κ2) is 7.82. The standard InChI is InChI=1S/C22H17FN2O4S2/c1-22(2,14-8-3-4-9-15(14)23)31-13-7-5-6-12(10-13)25-19(26)17-16(24-21(25)29)11-30-18(17)20(27)28/h3-11H,1-2H3,(H,24,29)(H,27,28). The molecule has 158 valence electrons. The summed E-state index contributed by atoms with van der Waals surface area (Å²) < 4.78 is 14.6. The lowest BCUT2D eigenvalue weighted by atomic mass is 10.0. The summed E-state index contributed by atoms with van der Waals surface area (Å²) in [7, 11) is 0. The molecule has 0 radical (unpaired) electrons. The topological polar surface area (TPSA) is 92.2 Å². The van der Waals surface area contributed by atoms with Crippen molar-refractivity contribution in [2.24, 2.45) is 0 Å². The maximum Gasteiger partial charge on any atom is 0.346 e. The number of H-pyrrole nitrogens is 1. The van der Waals surface area contributed by atoms with Gasteiger partial charge < -0.3 is 10.1 Å². The van der Waals surface area contributed by atoms with Gasteiger partial charge in [-0.1, -0.05) is 24.3 Å². The van der Waals surface area contributed by atoms with Crippen LogP contribution in [-0.2, 0) is 4.75 Å². The largest absolute Gasteiger partial charge is 0.477 e. The van der Waals surface area contributed by atoms with Gasteiger partial charge in [0.1, 0.15) is 10.7 Å². The monoisotopic (exact) mass is 456 g/mol. The van der Waals surface area contributed by atoms with Gasteiger partial charge in [0.05, 0.1) is 16.6 Å². The maximum atomic E-state index is 14.3. The molecule has 4 aromatic rings. The van der Waals surface area contributed by atoms with Gasteiger partial charge in [-0.05, 0) is 38.1 Å². The molecule has 0 aliphatic rings. The molecule has 0 bridgehead atoms. The lowest BCUT2D eigenvalue weighted by Crippen LogP contribution is -2.33. The van der Waals surface area contributed by atoms with E-state index in [2.05, 4.69) is 4.98 Å². The Kier molecular flexibility index (Phi) is 5.32. The number of nitrogens with zero attached hydrogens (tertiary/aromatic N) is 1. The second-order valence-corrected chi connectivity index (χ2v) is 9.89. The molecule has 0 saturated carbocycles. The predicted molar refractivity (Wildman–Crippen MR) is 120 cm³/mol.